The number of aromatic nitrogens is 3. The number of carbonyl (C=O) groups is 1. The van der Waals surface area contributed by atoms with Crippen molar-refractivity contribution in [1.29, 1.82) is 0 Å². The summed E-state index contributed by atoms with van der Waals surface area (Å²) < 4.78 is 1.91. The second kappa shape index (κ2) is 7.32. The molecule has 6 nitrogen and oxygen atoms in total. The Morgan fingerprint density at radius 2 is 1.74 bits per heavy atom. The predicted molar refractivity (Wildman–Crippen MR) is 104 cm³/mol. The van der Waals surface area contributed by atoms with Gasteiger partial charge in [-0.3, -0.25) is 14.3 Å². The molecule has 1 aliphatic rings. The largest absolute Gasteiger partial charge is 0.351 e. The number of carbonyl (C=O) groups excluding carboxylic acids is 1. The van der Waals surface area contributed by atoms with Gasteiger partial charge in [0.25, 0.3) is 5.91 Å². The smallest absolute Gasteiger partial charge is 0.253 e. The van der Waals surface area contributed by atoms with E-state index in [0.29, 0.717) is 18.1 Å². The van der Waals surface area contributed by atoms with Crippen LogP contribution in [0.1, 0.15) is 32.9 Å². The highest BCUT2D eigenvalue weighted by molar-refractivity contribution is 5.95. The molecule has 1 N–H and O–H groups in total. The normalized spacial score (nSPS) is 13.6. The van der Waals surface area contributed by atoms with Crippen molar-refractivity contribution in [2.75, 3.05) is 13.1 Å². The summed E-state index contributed by atoms with van der Waals surface area (Å²) in [6.45, 7) is 7.24. The average molecular weight is 361 g/mol. The fourth-order valence-corrected chi connectivity index (χ4v) is 3.69. The van der Waals surface area contributed by atoms with Gasteiger partial charge in [0.2, 0.25) is 5.95 Å². The second-order valence-electron chi connectivity index (χ2n) is 6.90. The van der Waals surface area contributed by atoms with Gasteiger partial charge >= 0.3 is 0 Å². The third-order valence-corrected chi connectivity index (χ3v) is 5.05. The summed E-state index contributed by atoms with van der Waals surface area (Å²) in [4.78, 5) is 23.6. The molecule has 27 heavy (non-hydrogen) atoms. The number of nitrogens with zero attached hydrogens (tertiary/aromatic N) is 4. The van der Waals surface area contributed by atoms with E-state index in [0.717, 1.165) is 31.0 Å². The maximum atomic E-state index is 12.7. The van der Waals surface area contributed by atoms with Crippen LogP contribution in [0.5, 0.6) is 0 Å². The van der Waals surface area contributed by atoms with E-state index in [2.05, 4.69) is 44.5 Å². The van der Waals surface area contributed by atoms with Crippen LogP contribution < -0.4 is 5.32 Å². The molecule has 3 aromatic rings. The van der Waals surface area contributed by atoms with Crippen LogP contribution >= 0.6 is 0 Å². The Kier molecular flexibility index (Phi) is 4.73. The highest BCUT2D eigenvalue weighted by Gasteiger charge is 2.20. The van der Waals surface area contributed by atoms with Crippen LogP contribution in [0.3, 0.4) is 0 Å². The van der Waals surface area contributed by atoms with Crippen LogP contribution in [-0.2, 0) is 13.1 Å². The first-order chi connectivity index (χ1) is 13.1. The van der Waals surface area contributed by atoms with Gasteiger partial charge in [0.05, 0.1) is 5.56 Å². The van der Waals surface area contributed by atoms with E-state index < -0.39 is 0 Å². The minimum atomic E-state index is -0.0537. The molecule has 6 heteroatoms. The van der Waals surface area contributed by atoms with Gasteiger partial charge in [0.15, 0.2) is 0 Å². The van der Waals surface area contributed by atoms with Gasteiger partial charge in [0.1, 0.15) is 0 Å². The van der Waals surface area contributed by atoms with Crippen LogP contribution in [0.25, 0.3) is 5.95 Å². The fraction of sp³-hybridized carbons (Fsp3) is 0.286. The van der Waals surface area contributed by atoms with Crippen LogP contribution in [0, 0.1) is 13.8 Å². The van der Waals surface area contributed by atoms with E-state index in [1.807, 2.05) is 24.5 Å². The minimum absolute atomic E-state index is 0.0537. The van der Waals surface area contributed by atoms with Crippen molar-refractivity contribution in [3.8, 4) is 5.95 Å². The number of rotatable bonds is 5. The Labute approximate surface area is 158 Å². The van der Waals surface area contributed by atoms with Gasteiger partial charge in [-0.1, -0.05) is 24.3 Å². The standard InChI is InChI=1S/C21H23N5O/c1-15-12-19(16(2)26(15)21-23-8-5-9-24-21)20(27)22-10-11-25-13-17-6-3-4-7-18(17)14-25/h3-9,12H,10-11,13-14H2,1-2H3,(H,22,27). The first-order valence-electron chi connectivity index (χ1n) is 9.17. The van der Waals surface area contributed by atoms with Crippen LogP contribution in [0.4, 0.5) is 0 Å². The first-order valence-corrected chi connectivity index (χ1v) is 9.17. The quantitative estimate of drug-likeness (QED) is 0.759. The third-order valence-electron chi connectivity index (χ3n) is 5.05. The second-order valence-corrected chi connectivity index (χ2v) is 6.90. The lowest BCUT2D eigenvalue weighted by atomic mass is 10.1. The molecule has 0 unspecified atom stereocenters. The van der Waals surface area contributed by atoms with Gasteiger partial charge in [-0.2, -0.15) is 0 Å². The number of nitrogens with one attached hydrogen (secondary N) is 1. The SMILES string of the molecule is Cc1cc(C(=O)NCCN2Cc3ccccc3C2)c(C)n1-c1ncccn1. The molecule has 3 heterocycles. The zero-order valence-corrected chi connectivity index (χ0v) is 15.6. The summed E-state index contributed by atoms with van der Waals surface area (Å²) in [5.41, 5.74) is 5.23. The molecular weight excluding hydrogens is 338 g/mol. The Morgan fingerprint density at radius 3 is 2.41 bits per heavy atom. The molecule has 0 spiro atoms. The zero-order chi connectivity index (χ0) is 18.8. The molecule has 0 saturated carbocycles. The summed E-state index contributed by atoms with van der Waals surface area (Å²) in [5.74, 6) is 0.531. The van der Waals surface area contributed by atoms with Gasteiger partial charge in [-0.05, 0) is 37.1 Å². The Balaban J connectivity index is 1.38. The molecule has 0 radical (unpaired) electrons. The molecule has 0 bridgehead atoms. The van der Waals surface area contributed by atoms with Crippen molar-refractivity contribution in [3.05, 3.63) is 76.9 Å². The van der Waals surface area contributed by atoms with Crippen molar-refractivity contribution in [2.45, 2.75) is 26.9 Å². The maximum Gasteiger partial charge on any atom is 0.253 e. The number of benzene rings is 1. The zero-order valence-electron chi connectivity index (χ0n) is 15.6. The van der Waals surface area contributed by atoms with E-state index in [4.69, 9.17) is 0 Å². The molecule has 1 amide bonds. The Morgan fingerprint density at radius 1 is 1.07 bits per heavy atom. The monoisotopic (exact) mass is 361 g/mol. The Bertz CT molecular complexity index is 939. The fourth-order valence-electron chi connectivity index (χ4n) is 3.69. The first kappa shape index (κ1) is 17.4. The molecule has 2 aromatic heterocycles. The summed E-state index contributed by atoms with van der Waals surface area (Å²) in [5, 5.41) is 3.05. The van der Waals surface area contributed by atoms with E-state index in [1.54, 1.807) is 18.5 Å². The summed E-state index contributed by atoms with van der Waals surface area (Å²) in [7, 11) is 0. The summed E-state index contributed by atoms with van der Waals surface area (Å²) >= 11 is 0. The van der Waals surface area contributed by atoms with Crippen molar-refractivity contribution >= 4 is 5.91 Å². The lowest BCUT2D eigenvalue weighted by molar-refractivity contribution is 0.0947. The molecule has 138 valence electrons. The number of amides is 1. The summed E-state index contributed by atoms with van der Waals surface area (Å²) in [6, 6.07) is 12.2. The minimum Gasteiger partial charge on any atom is -0.351 e. The lowest BCUT2D eigenvalue weighted by Gasteiger charge is -2.15. The van der Waals surface area contributed by atoms with Crippen LogP contribution in [0.15, 0.2) is 48.8 Å². The van der Waals surface area contributed by atoms with Crippen LogP contribution in [0.2, 0.25) is 0 Å². The maximum absolute atomic E-state index is 12.7. The van der Waals surface area contributed by atoms with E-state index in [1.165, 1.54) is 11.1 Å². The van der Waals surface area contributed by atoms with Gasteiger partial charge in [-0.15, -0.1) is 0 Å². The summed E-state index contributed by atoms with van der Waals surface area (Å²) in [6.07, 6.45) is 3.41. The predicted octanol–water partition coefficient (Wildman–Crippen LogP) is 2.63. The van der Waals surface area contributed by atoms with Crippen LogP contribution in [-0.4, -0.2) is 38.4 Å². The lowest BCUT2D eigenvalue weighted by Crippen LogP contribution is -2.32. The van der Waals surface area contributed by atoms with Gasteiger partial charge in [0, 0.05) is 50.0 Å². The molecule has 0 saturated heterocycles. The molecule has 0 atom stereocenters. The van der Waals surface area contributed by atoms with E-state index in [9.17, 15) is 4.79 Å². The van der Waals surface area contributed by atoms with Gasteiger partial charge in [-0.25, -0.2) is 9.97 Å². The van der Waals surface area contributed by atoms with E-state index in [-0.39, 0.29) is 5.91 Å². The Hall–Kier alpha value is -2.99. The number of hydrogen-bond acceptors (Lipinski definition) is 4. The molecule has 0 aliphatic carbocycles. The topological polar surface area (TPSA) is 63.1 Å². The highest BCUT2D eigenvalue weighted by Crippen LogP contribution is 2.21. The molecule has 1 aromatic carbocycles. The molecule has 1 aliphatic heterocycles. The molecular formula is C21H23N5O. The number of aryl methyl sites for hydroxylation is 1. The highest BCUT2D eigenvalue weighted by atomic mass is 16.1. The molecule has 4 rings (SSSR count). The van der Waals surface area contributed by atoms with Crippen molar-refractivity contribution in [1.82, 2.24) is 24.8 Å². The number of hydrogen-bond donors (Lipinski definition) is 1. The number of fused-ring (bicyclic) bond motifs is 1. The average Bonchev–Trinajstić information content (AvgIpc) is 3.22. The van der Waals surface area contributed by atoms with Crippen molar-refractivity contribution < 1.29 is 4.79 Å². The van der Waals surface area contributed by atoms with Crippen molar-refractivity contribution in [2.24, 2.45) is 0 Å². The molecule has 0 fully saturated rings. The van der Waals surface area contributed by atoms with Crippen molar-refractivity contribution in [3.63, 3.8) is 0 Å². The van der Waals surface area contributed by atoms with E-state index >= 15 is 0 Å². The van der Waals surface area contributed by atoms with Gasteiger partial charge < -0.3 is 5.32 Å². The third kappa shape index (κ3) is 3.48.